The van der Waals surface area contributed by atoms with E-state index in [1.165, 1.54) is 19.4 Å². The number of nitrogens with zero attached hydrogens (tertiary/aromatic N) is 2. The second-order valence-corrected chi connectivity index (χ2v) is 4.58. The number of esters is 1. The van der Waals surface area contributed by atoms with E-state index in [2.05, 4.69) is 4.98 Å². The molecule has 6 nitrogen and oxygen atoms in total. The fourth-order valence-electron chi connectivity index (χ4n) is 2.16. The number of hydrogen-bond acceptors (Lipinski definition) is 5. The minimum Gasteiger partial charge on any atom is -0.468 e. The van der Waals surface area contributed by atoms with Crippen molar-refractivity contribution in [3.8, 4) is 0 Å². The van der Waals surface area contributed by atoms with Gasteiger partial charge in [-0.25, -0.2) is 4.98 Å². The molecule has 0 N–H and O–H groups in total. The summed E-state index contributed by atoms with van der Waals surface area (Å²) < 4.78 is 4.77. The van der Waals surface area contributed by atoms with Gasteiger partial charge in [0.2, 0.25) is 5.15 Å². The van der Waals surface area contributed by atoms with Crippen LogP contribution in [0.15, 0.2) is 12.3 Å². The molecule has 0 radical (unpaired) electrons. The lowest BCUT2D eigenvalue weighted by atomic mass is 9.65. The Kier molecular flexibility index (Phi) is 3.21. The number of methoxy groups -OCH3 is 1. The van der Waals surface area contributed by atoms with Crippen LogP contribution < -0.4 is 0 Å². The van der Waals surface area contributed by atoms with Gasteiger partial charge in [0.25, 0.3) is 0 Å². The van der Waals surface area contributed by atoms with Crippen molar-refractivity contribution < 1.29 is 14.5 Å². The lowest BCUT2D eigenvalue weighted by Crippen LogP contribution is -2.43. The van der Waals surface area contributed by atoms with Crippen molar-refractivity contribution in [1.29, 1.82) is 0 Å². The van der Waals surface area contributed by atoms with E-state index in [0.29, 0.717) is 18.4 Å². The summed E-state index contributed by atoms with van der Waals surface area (Å²) in [5.41, 5.74) is -0.585. The maximum atomic E-state index is 11.8. The van der Waals surface area contributed by atoms with Crippen LogP contribution in [0.3, 0.4) is 0 Å². The topological polar surface area (TPSA) is 82.3 Å². The summed E-state index contributed by atoms with van der Waals surface area (Å²) in [6, 6.07) is 1.31. The number of nitro groups is 1. The number of carbonyl (C=O) groups excluding carboxylic acids is 1. The third-order valence-electron chi connectivity index (χ3n) is 3.35. The molecule has 0 bridgehead atoms. The van der Waals surface area contributed by atoms with Gasteiger partial charge in [0.15, 0.2) is 0 Å². The van der Waals surface area contributed by atoms with E-state index in [9.17, 15) is 14.9 Å². The number of halogens is 1. The van der Waals surface area contributed by atoms with Gasteiger partial charge in [-0.05, 0) is 18.4 Å². The van der Waals surface area contributed by atoms with Gasteiger partial charge in [-0.2, -0.15) is 0 Å². The fourth-order valence-corrected chi connectivity index (χ4v) is 2.33. The summed E-state index contributed by atoms with van der Waals surface area (Å²) in [6.07, 6.45) is 3.51. The summed E-state index contributed by atoms with van der Waals surface area (Å²) in [5.74, 6) is -0.382. The maximum Gasteiger partial charge on any atom is 0.316 e. The van der Waals surface area contributed by atoms with Crippen molar-refractivity contribution in [2.24, 2.45) is 0 Å². The van der Waals surface area contributed by atoms with E-state index in [1.54, 1.807) is 0 Å². The van der Waals surface area contributed by atoms with Gasteiger partial charge in [0, 0.05) is 12.3 Å². The lowest BCUT2D eigenvalue weighted by Gasteiger charge is -2.38. The Hall–Kier alpha value is -1.69. The maximum absolute atomic E-state index is 11.8. The largest absolute Gasteiger partial charge is 0.468 e. The zero-order chi connectivity index (χ0) is 13.3. The molecule has 1 heterocycles. The number of carbonyl (C=O) groups is 1. The molecule has 0 atom stereocenters. The highest BCUT2D eigenvalue weighted by Crippen LogP contribution is 2.45. The first kappa shape index (κ1) is 12.8. The van der Waals surface area contributed by atoms with Crippen LogP contribution >= 0.6 is 11.6 Å². The van der Waals surface area contributed by atoms with Crippen molar-refractivity contribution >= 4 is 23.3 Å². The molecular weight excluding hydrogens is 260 g/mol. The summed E-state index contributed by atoms with van der Waals surface area (Å²) in [7, 11) is 1.31. The van der Waals surface area contributed by atoms with Crippen LogP contribution in [0.1, 0.15) is 24.8 Å². The number of pyridine rings is 1. The molecule has 1 aliphatic carbocycles. The van der Waals surface area contributed by atoms with Crippen molar-refractivity contribution in [3.63, 3.8) is 0 Å². The van der Waals surface area contributed by atoms with Crippen molar-refractivity contribution in [2.45, 2.75) is 24.7 Å². The van der Waals surface area contributed by atoms with Crippen LogP contribution in [-0.4, -0.2) is 23.0 Å². The Labute approximate surface area is 108 Å². The third-order valence-corrected chi connectivity index (χ3v) is 3.64. The molecule has 0 spiro atoms. The quantitative estimate of drug-likeness (QED) is 0.364. The van der Waals surface area contributed by atoms with Gasteiger partial charge >= 0.3 is 11.7 Å². The van der Waals surface area contributed by atoms with Gasteiger partial charge in [0.1, 0.15) is 0 Å². The summed E-state index contributed by atoms with van der Waals surface area (Å²) in [5, 5.41) is 10.6. The third kappa shape index (κ3) is 1.82. The molecule has 0 amide bonds. The van der Waals surface area contributed by atoms with Crippen LogP contribution in [0.2, 0.25) is 5.15 Å². The summed E-state index contributed by atoms with van der Waals surface area (Å²) in [6.45, 7) is 0. The Morgan fingerprint density at radius 2 is 2.28 bits per heavy atom. The van der Waals surface area contributed by atoms with E-state index in [4.69, 9.17) is 16.3 Å². The zero-order valence-electron chi connectivity index (χ0n) is 9.68. The SMILES string of the molecule is COC(=O)C1(c2cnc(Cl)c([N+](=O)[O-])c2)CCC1. The van der Waals surface area contributed by atoms with Gasteiger partial charge in [-0.3, -0.25) is 14.9 Å². The van der Waals surface area contributed by atoms with E-state index in [-0.39, 0.29) is 16.8 Å². The van der Waals surface area contributed by atoms with Crippen LogP contribution in [-0.2, 0) is 14.9 Å². The highest BCUT2D eigenvalue weighted by atomic mass is 35.5. The molecule has 1 aromatic rings. The second kappa shape index (κ2) is 4.53. The van der Waals surface area contributed by atoms with Crippen LogP contribution in [0.25, 0.3) is 0 Å². The van der Waals surface area contributed by atoms with E-state index < -0.39 is 10.3 Å². The van der Waals surface area contributed by atoms with Gasteiger partial charge in [-0.15, -0.1) is 0 Å². The molecule has 0 aliphatic heterocycles. The summed E-state index contributed by atoms with van der Waals surface area (Å²) in [4.78, 5) is 25.8. The van der Waals surface area contributed by atoms with E-state index >= 15 is 0 Å². The molecule has 18 heavy (non-hydrogen) atoms. The average molecular weight is 271 g/mol. The van der Waals surface area contributed by atoms with Crippen LogP contribution in [0.5, 0.6) is 0 Å². The number of aromatic nitrogens is 1. The molecule has 0 unspecified atom stereocenters. The van der Waals surface area contributed by atoms with Crippen molar-refractivity contribution in [2.75, 3.05) is 7.11 Å². The number of rotatable bonds is 3. The lowest BCUT2D eigenvalue weighted by molar-refractivity contribution is -0.385. The Balaban J connectivity index is 2.47. The van der Waals surface area contributed by atoms with E-state index in [0.717, 1.165) is 6.42 Å². The van der Waals surface area contributed by atoms with Crippen LogP contribution in [0.4, 0.5) is 5.69 Å². The number of hydrogen-bond donors (Lipinski definition) is 0. The standard InChI is InChI=1S/C11H11ClN2O4/c1-18-10(15)11(3-2-4-11)7-5-8(14(16)17)9(12)13-6-7/h5-6H,2-4H2,1H3. The molecule has 0 saturated heterocycles. The minimum absolute atomic E-state index is 0.178. The second-order valence-electron chi connectivity index (χ2n) is 4.22. The van der Waals surface area contributed by atoms with Crippen molar-refractivity contribution in [3.05, 3.63) is 33.1 Å². The van der Waals surface area contributed by atoms with Crippen LogP contribution in [0, 0.1) is 10.1 Å². The van der Waals surface area contributed by atoms with Gasteiger partial charge in [0.05, 0.1) is 17.4 Å². The minimum atomic E-state index is -0.795. The predicted octanol–water partition coefficient (Wildman–Crippen LogP) is 2.24. The van der Waals surface area contributed by atoms with Gasteiger partial charge < -0.3 is 4.74 Å². The molecule has 7 heteroatoms. The molecule has 1 saturated carbocycles. The highest BCUT2D eigenvalue weighted by Gasteiger charge is 2.47. The Bertz CT molecular complexity index is 514. The zero-order valence-corrected chi connectivity index (χ0v) is 10.4. The number of ether oxygens (including phenoxy) is 1. The monoisotopic (exact) mass is 270 g/mol. The first-order valence-corrected chi connectivity index (χ1v) is 5.78. The first-order valence-electron chi connectivity index (χ1n) is 5.40. The van der Waals surface area contributed by atoms with E-state index in [1.807, 2.05) is 0 Å². The normalized spacial score (nSPS) is 16.8. The molecular formula is C11H11ClN2O4. The molecule has 1 aromatic heterocycles. The molecule has 96 valence electrons. The highest BCUT2D eigenvalue weighted by molar-refractivity contribution is 6.31. The predicted molar refractivity (Wildman–Crippen MR) is 63.4 cm³/mol. The molecule has 0 aromatic carbocycles. The molecule has 1 aliphatic rings. The Morgan fingerprint density at radius 3 is 2.72 bits per heavy atom. The molecule has 1 fully saturated rings. The first-order chi connectivity index (χ1) is 8.51. The van der Waals surface area contributed by atoms with Gasteiger partial charge in [-0.1, -0.05) is 18.0 Å². The smallest absolute Gasteiger partial charge is 0.316 e. The Morgan fingerprint density at radius 1 is 1.61 bits per heavy atom. The fraction of sp³-hybridized carbons (Fsp3) is 0.455. The van der Waals surface area contributed by atoms with Crippen molar-refractivity contribution in [1.82, 2.24) is 4.98 Å². The molecule has 2 rings (SSSR count). The average Bonchev–Trinajstić information content (AvgIpc) is 2.29. The summed E-state index contributed by atoms with van der Waals surface area (Å²) >= 11 is 5.65.